The number of furan rings is 1. The van der Waals surface area contributed by atoms with Gasteiger partial charge in [0.25, 0.3) is 0 Å². The van der Waals surface area contributed by atoms with Gasteiger partial charge in [0, 0.05) is 25.4 Å². The molecule has 2 rings (SSSR count). The van der Waals surface area contributed by atoms with Crippen LogP contribution >= 0.6 is 0 Å². The molecule has 1 saturated heterocycles. The van der Waals surface area contributed by atoms with Gasteiger partial charge in [0.15, 0.2) is 0 Å². The summed E-state index contributed by atoms with van der Waals surface area (Å²) in [5.74, 6) is -0.187. The van der Waals surface area contributed by atoms with Crippen LogP contribution in [0.5, 0.6) is 0 Å². The number of amides is 1. The van der Waals surface area contributed by atoms with Crippen LogP contribution in [0.25, 0.3) is 0 Å². The first-order chi connectivity index (χ1) is 9.08. The van der Waals surface area contributed by atoms with E-state index in [1.165, 1.54) is 0 Å². The zero-order valence-corrected chi connectivity index (χ0v) is 11.0. The van der Waals surface area contributed by atoms with Crippen molar-refractivity contribution < 1.29 is 19.1 Å². The molecule has 2 heterocycles. The van der Waals surface area contributed by atoms with E-state index in [9.17, 15) is 9.59 Å². The minimum absolute atomic E-state index is 0.000971. The van der Waals surface area contributed by atoms with E-state index in [1.54, 1.807) is 17.2 Å². The third kappa shape index (κ3) is 3.36. The number of rotatable bonds is 4. The lowest BCUT2D eigenvalue weighted by molar-refractivity contribution is -0.147. The highest BCUT2D eigenvalue weighted by Gasteiger charge is 2.31. The Kier molecular flexibility index (Phi) is 4.24. The van der Waals surface area contributed by atoms with Gasteiger partial charge < -0.3 is 14.4 Å². The van der Waals surface area contributed by atoms with Gasteiger partial charge >= 0.3 is 5.97 Å². The SMILES string of the molecule is CC1CC(C(=O)O)CCN1C(=O)CCc1ccco1. The minimum atomic E-state index is -0.755. The maximum atomic E-state index is 12.1. The molecule has 2 unspecified atom stereocenters. The van der Waals surface area contributed by atoms with Crippen molar-refractivity contribution in [1.29, 1.82) is 0 Å². The molecule has 0 aliphatic carbocycles. The van der Waals surface area contributed by atoms with Crippen molar-refractivity contribution in [3.63, 3.8) is 0 Å². The highest BCUT2D eigenvalue weighted by Crippen LogP contribution is 2.23. The number of likely N-dealkylation sites (tertiary alicyclic amines) is 1. The van der Waals surface area contributed by atoms with E-state index in [2.05, 4.69) is 0 Å². The van der Waals surface area contributed by atoms with E-state index in [1.807, 2.05) is 13.0 Å². The lowest BCUT2D eigenvalue weighted by Gasteiger charge is -2.36. The molecule has 1 aromatic rings. The lowest BCUT2D eigenvalue weighted by atomic mass is 9.91. The van der Waals surface area contributed by atoms with Gasteiger partial charge in [-0.3, -0.25) is 9.59 Å². The summed E-state index contributed by atoms with van der Waals surface area (Å²) in [7, 11) is 0. The zero-order chi connectivity index (χ0) is 13.8. The fraction of sp³-hybridized carbons (Fsp3) is 0.571. The number of aliphatic carboxylic acids is 1. The molecule has 0 aromatic carbocycles. The van der Waals surface area contributed by atoms with E-state index in [0.29, 0.717) is 32.2 Å². The molecular formula is C14H19NO4. The third-order valence-corrected chi connectivity index (χ3v) is 3.71. The summed E-state index contributed by atoms with van der Waals surface area (Å²) in [5.41, 5.74) is 0. The molecule has 0 saturated carbocycles. The summed E-state index contributed by atoms with van der Waals surface area (Å²) < 4.78 is 5.20. The Hall–Kier alpha value is -1.78. The van der Waals surface area contributed by atoms with Crippen molar-refractivity contribution in [1.82, 2.24) is 4.90 Å². The first kappa shape index (κ1) is 13.6. The number of carboxylic acid groups (broad SMARTS) is 1. The van der Waals surface area contributed by atoms with Crippen molar-refractivity contribution >= 4 is 11.9 Å². The second kappa shape index (κ2) is 5.91. The maximum Gasteiger partial charge on any atom is 0.306 e. The number of piperidine rings is 1. The minimum Gasteiger partial charge on any atom is -0.481 e. The zero-order valence-electron chi connectivity index (χ0n) is 11.0. The van der Waals surface area contributed by atoms with Gasteiger partial charge in [0.1, 0.15) is 5.76 Å². The van der Waals surface area contributed by atoms with Crippen molar-refractivity contribution in [2.75, 3.05) is 6.54 Å². The number of nitrogens with zero attached hydrogens (tertiary/aromatic N) is 1. The molecule has 1 N–H and O–H groups in total. The Bertz CT molecular complexity index is 440. The average molecular weight is 265 g/mol. The number of aryl methyl sites for hydroxylation is 1. The van der Waals surface area contributed by atoms with E-state index in [4.69, 9.17) is 9.52 Å². The second-order valence-electron chi connectivity index (χ2n) is 5.08. The van der Waals surface area contributed by atoms with Crippen LogP contribution in [0.4, 0.5) is 0 Å². The van der Waals surface area contributed by atoms with Crippen LogP contribution in [0.15, 0.2) is 22.8 Å². The molecule has 0 bridgehead atoms. The summed E-state index contributed by atoms with van der Waals surface area (Å²) in [6, 6.07) is 3.66. The topological polar surface area (TPSA) is 70.8 Å². The van der Waals surface area contributed by atoms with Crippen LogP contribution < -0.4 is 0 Å². The monoisotopic (exact) mass is 265 g/mol. The Morgan fingerprint density at radius 1 is 1.53 bits per heavy atom. The molecule has 1 aromatic heterocycles. The molecule has 1 aliphatic rings. The highest BCUT2D eigenvalue weighted by molar-refractivity contribution is 5.77. The van der Waals surface area contributed by atoms with Gasteiger partial charge in [0.2, 0.25) is 5.91 Å². The largest absolute Gasteiger partial charge is 0.481 e. The van der Waals surface area contributed by atoms with Crippen LogP contribution in [-0.2, 0) is 16.0 Å². The van der Waals surface area contributed by atoms with Crippen molar-refractivity contribution in [2.24, 2.45) is 5.92 Å². The van der Waals surface area contributed by atoms with E-state index >= 15 is 0 Å². The van der Waals surface area contributed by atoms with E-state index < -0.39 is 5.97 Å². The first-order valence-electron chi connectivity index (χ1n) is 6.62. The number of carboxylic acids is 1. The second-order valence-corrected chi connectivity index (χ2v) is 5.08. The van der Waals surface area contributed by atoms with Crippen LogP contribution in [0.1, 0.15) is 31.9 Å². The molecule has 0 radical (unpaired) electrons. The summed E-state index contributed by atoms with van der Waals surface area (Å²) in [4.78, 5) is 24.9. The van der Waals surface area contributed by atoms with Gasteiger partial charge in [-0.2, -0.15) is 0 Å². The van der Waals surface area contributed by atoms with E-state index in [-0.39, 0.29) is 17.9 Å². The van der Waals surface area contributed by atoms with Crippen molar-refractivity contribution in [3.8, 4) is 0 Å². The van der Waals surface area contributed by atoms with Gasteiger partial charge in [-0.15, -0.1) is 0 Å². The highest BCUT2D eigenvalue weighted by atomic mass is 16.4. The Labute approximate surface area is 112 Å². The molecule has 19 heavy (non-hydrogen) atoms. The fourth-order valence-electron chi connectivity index (χ4n) is 2.60. The van der Waals surface area contributed by atoms with Gasteiger partial charge in [-0.05, 0) is 31.9 Å². The molecule has 5 heteroatoms. The molecular weight excluding hydrogens is 246 g/mol. The molecule has 5 nitrogen and oxygen atoms in total. The molecule has 2 atom stereocenters. The molecule has 1 fully saturated rings. The Balaban J connectivity index is 1.84. The summed E-state index contributed by atoms with van der Waals surface area (Å²) in [5, 5.41) is 8.99. The van der Waals surface area contributed by atoms with E-state index in [0.717, 1.165) is 5.76 Å². The summed E-state index contributed by atoms with van der Waals surface area (Å²) in [6.07, 6.45) is 3.70. The first-order valence-corrected chi connectivity index (χ1v) is 6.62. The normalized spacial score (nSPS) is 23.3. The van der Waals surface area contributed by atoms with Crippen LogP contribution in [-0.4, -0.2) is 34.5 Å². The molecule has 0 spiro atoms. The smallest absolute Gasteiger partial charge is 0.306 e. The number of carbonyl (C=O) groups is 2. The van der Waals surface area contributed by atoms with Crippen LogP contribution in [0.3, 0.4) is 0 Å². The standard InChI is InChI=1S/C14H19NO4/c1-10-9-11(14(17)18)6-7-15(10)13(16)5-4-12-3-2-8-19-12/h2-3,8,10-11H,4-7,9H2,1H3,(H,17,18). The lowest BCUT2D eigenvalue weighted by Crippen LogP contribution is -2.46. The van der Waals surface area contributed by atoms with Gasteiger partial charge in [0.05, 0.1) is 12.2 Å². The number of hydrogen-bond donors (Lipinski definition) is 1. The fourth-order valence-corrected chi connectivity index (χ4v) is 2.60. The summed E-state index contributed by atoms with van der Waals surface area (Å²) in [6.45, 7) is 2.45. The maximum absolute atomic E-state index is 12.1. The predicted octanol–water partition coefficient (Wildman–Crippen LogP) is 1.92. The van der Waals surface area contributed by atoms with Gasteiger partial charge in [-0.1, -0.05) is 0 Å². The van der Waals surface area contributed by atoms with Crippen molar-refractivity contribution in [3.05, 3.63) is 24.2 Å². The molecule has 1 amide bonds. The average Bonchev–Trinajstić information content (AvgIpc) is 2.88. The van der Waals surface area contributed by atoms with Crippen LogP contribution in [0, 0.1) is 5.92 Å². The third-order valence-electron chi connectivity index (χ3n) is 3.71. The summed E-state index contributed by atoms with van der Waals surface area (Å²) >= 11 is 0. The molecule has 1 aliphatic heterocycles. The molecule has 104 valence electrons. The number of hydrogen-bond acceptors (Lipinski definition) is 3. The predicted molar refractivity (Wildman–Crippen MR) is 68.6 cm³/mol. The quantitative estimate of drug-likeness (QED) is 0.903. The van der Waals surface area contributed by atoms with Crippen LogP contribution in [0.2, 0.25) is 0 Å². The van der Waals surface area contributed by atoms with Crippen molar-refractivity contribution in [2.45, 2.75) is 38.6 Å². The van der Waals surface area contributed by atoms with Gasteiger partial charge in [-0.25, -0.2) is 0 Å². The Morgan fingerprint density at radius 3 is 2.89 bits per heavy atom. The Morgan fingerprint density at radius 2 is 2.32 bits per heavy atom. The number of carbonyl (C=O) groups excluding carboxylic acids is 1.